The van der Waals surface area contributed by atoms with Crippen LogP contribution in [0.5, 0.6) is 0 Å². The van der Waals surface area contributed by atoms with Crippen molar-refractivity contribution < 1.29 is 0 Å². The number of aromatic amines is 1. The minimum absolute atomic E-state index is 0.247. The lowest BCUT2D eigenvalue weighted by Gasteiger charge is -2.14. The summed E-state index contributed by atoms with van der Waals surface area (Å²) in [5.41, 5.74) is 7.22. The molecule has 0 amide bonds. The number of pyridine rings is 1. The van der Waals surface area contributed by atoms with Crippen LogP contribution in [0.2, 0.25) is 0 Å². The molecule has 2 aromatic heterocycles. The molecule has 0 aliphatic heterocycles. The van der Waals surface area contributed by atoms with Crippen LogP contribution in [-0.2, 0) is 12.8 Å². The minimum Gasteiger partial charge on any atom is -0.361 e. The van der Waals surface area contributed by atoms with E-state index in [1.165, 1.54) is 22.0 Å². The van der Waals surface area contributed by atoms with Crippen LogP contribution in [0.15, 0.2) is 73.1 Å². The van der Waals surface area contributed by atoms with Gasteiger partial charge in [0.2, 0.25) is 0 Å². The first-order chi connectivity index (χ1) is 14.7. The van der Waals surface area contributed by atoms with Crippen LogP contribution < -0.4 is 10.6 Å². The third-order valence-corrected chi connectivity index (χ3v) is 5.56. The zero-order chi connectivity index (χ0) is 20.8. The maximum absolute atomic E-state index is 4.48. The van der Waals surface area contributed by atoms with Crippen LogP contribution in [0.1, 0.15) is 43.1 Å². The summed E-state index contributed by atoms with van der Waals surface area (Å²) in [6, 6.07) is 21.7. The van der Waals surface area contributed by atoms with Crippen LogP contribution in [0.3, 0.4) is 0 Å². The van der Waals surface area contributed by atoms with E-state index in [0.29, 0.717) is 0 Å². The summed E-state index contributed by atoms with van der Waals surface area (Å²) < 4.78 is 0. The molecule has 4 aromatic rings. The Kier molecular flexibility index (Phi) is 6.45. The molecule has 1 unspecified atom stereocenters. The molecule has 0 radical (unpaired) electrons. The van der Waals surface area contributed by atoms with Gasteiger partial charge >= 0.3 is 0 Å². The maximum atomic E-state index is 4.48. The molecule has 2 aromatic carbocycles. The summed E-state index contributed by atoms with van der Waals surface area (Å²) in [5.74, 6) is 0. The third-order valence-electron chi connectivity index (χ3n) is 5.56. The van der Waals surface area contributed by atoms with E-state index in [0.717, 1.165) is 42.9 Å². The fourth-order valence-corrected chi connectivity index (χ4v) is 3.92. The van der Waals surface area contributed by atoms with Gasteiger partial charge in [-0.15, -0.1) is 0 Å². The van der Waals surface area contributed by atoms with E-state index in [1.54, 1.807) is 0 Å². The Morgan fingerprint density at radius 3 is 2.63 bits per heavy atom. The molecule has 30 heavy (non-hydrogen) atoms. The molecule has 0 saturated carbocycles. The lowest BCUT2D eigenvalue weighted by Crippen LogP contribution is -2.18. The van der Waals surface area contributed by atoms with Crippen molar-refractivity contribution in [1.29, 1.82) is 0 Å². The number of nitrogens with zero attached hydrogens (tertiary/aromatic N) is 1. The molecule has 2 heterocycles. The van der Waals surface area contributed by atoms with Crippen molar-refractivity contribution in [2.75, 3.05) is 11.9 Å². The number of aromatic nitrogens is 2. The number of aryl methyl sites for hydroxylation is 2. The highest BCUT2D eigenvalue weighted by Gasteiger charge is 2.06. The summed E-state index contributed by atoms with van der Waals surface area (Å²) in [6.45, 7) is 5.18. The number of hydrogen-bond donors (Lipinski definition) is 3. The minimum atomic E-state index is 0.247. The molecular formula is C26H30N4. The van der Waals surface area contributed by atoms with E-state index in [2.05, 4.69) is 95.2 Å². The number of benzene rings is 2. The molecular weight excluding hydrogens is 368 g/mol. The van der Waals surface area contributed by atoms with Crippen molar-refractivity contribution in [3.63, 3.8) is 0 Å². The second-order valence-corrected chi connectivity index (χ2v) is 7.78. The first-order valence-corrected chi connectivity index (χ1v) is 10.8. The predicted octanol–water partition coefficient (Wildman–Crippen LogP) is 6.15. The number of fused-ring (bicyclic) bond motifs is 1. The van der Waals surface area contributed by atoms with Crippen molar-refractivity contribution >= 4 is 22.3 Å². The van der Waals surface area contributed by atoms with Crippen molar-refractivity contribution in [1.82, 2.24) is 15.3 Å². The second kappa shape index (κ2) is 9.59. The Morgan fingerprint density at radius 1 is 0.967 bits per heavy atom. The van der Waals surface area contributed by atoms with Gasteiger partial charge in [-0.05, 0) is 74.2 Å². The van der Waals surface area contributed by atoms with Gasteiger partial charge in [0, 0.05) is 40.7 Å². The van der Waals surface area contributed by atoms with E-state index < -0.39 is 0 Å². The Hall–Kier alpha value is -3.11. The quantitative estimate of drug-likeness (QED) is 0.317. The normalized spacial score (nSPS) is 12.2. The summed E-state index contributed by atoms with van der Waals surface area (Å²) in [5, 5.41) is 8.25. The molecule has 3 N–H and O–H groups in total. The van der Waals surface area contributed by atoms with Gasteiger partial charge in [-0.1, -0.05) is 37.3 Å². The van der Waals surface area contributed by atoms with Gasteiger partial charge in [-0.2, -0.15) is 0 Å². The molecule has 1 atom stereocenters. The molecule has 4 heteroatoms. The summed E-state index contributed by atoms with van der Waals surface area (Å²) >= 11 is 0. The second-order valence-electron chi connectivity index (χ2n) is 7.78. The largest absolute Gasteiger partial charge is 0.361 e. The fourth-order valence-electron chi connectivity index (χ4n) is 3.92. The number of rotatable bonds is 9. The van der Waals surface area contributed by atoms with Gasteiger partial charge in [-0.3, -0.25) is 4.98 Å². The van der Waals surface area contributed by atoms with Gasteiger partial charge in [-0.25, -0.2) is 0 Å². The van der Waals surface area contributed by atoms with E-state index >= 15 is 0 Å². The molecule has 0 fully saturated rings. The summed E-state index contributed by atoms with van der Waals surface area (Å²) in [6.07, 6.45) is 7.33. The van der Waals surface area contributed by atoms with Crippen molar-refractivity contribution in [2.24, 2.45) is 0 Å². The number of hydrogen-bond acceptors (Lipinski definition) is 3. The summed E-state index contributed by atoms with van der Waals surface area (Å²) in [7, 11) is 0. The van der Waals surface area contributed by atoms with Gasteiger partial charge < -0.3 is 15.6 Å². The van der Waals surface area contributed by atoms with Gasteiger partial charge in [0.1, 0.15) is 0 Å². The van der Waals surface area contributed by atoms with E-state index in [4.69, 9.17) is 0 Å². The Labute approximate surface area is 178 Å². The molecule has 0 aliphatic carbocycles. The van der Waals surface area contributed by atoms with Crippen LogP contribution in [0, 0.1) is 0 Å². The lowest BCUT2D eigenvalue weighted by molar-refractivity contribution is 0.584. The molecule has 4 nitrogen and oxygen atoms in total. The fraction of sp³-hybridized carbons (Fsp3) is 0.269. The van der Waals surface area contributed by atoms with Crippen molar-refractivity contribution in [3.8, 4) is 0 Å². The van der Waals surface area contributed by atoms with Crippen molar-refractivity contribution in [2.45, 2.75) is 39.2 Å². The average Bonchev–Trinajstić information content (AvgIpc) is 3.19. The Bertz CT molecular complexity index is 1080. The van der Waals surface area contributed by atoms with E-state index in [-0.39, 0.29) is 6.04 Å². The zero-order valence-corrected chi connectivity index (χ0v) is 17.8. The number of H-pyrrole nitrogens is 1. The number of para-hydroxylation sites is 1. The standard InChI is InChI=1S/C26H30N4/c1-3-27-19(2)26-17-23(15-16-28-26)30-22-13-11-20(12-14-22)7-6-8-21-18-29-25-10-5-4-9-24(21)25/h4-5,9-19,27,29H,3,6-8H2,1-2H3,(H,28,30). The molecule has 0 bridgehead atoms. The third kappa shape index (κ3) is 4.89. The van der Waals surface area contributed by atoms with Crippen LogP contribution >= 0.6 is 0 Å². The monoisotopic (exact) mass is 398 g/mol. The van der Waals surface area contributed by atoms with Crippen LogP contribution in [0.25, 0.3) is 10.9 Å². The molecule has 0 spiro atoms. The zero-order valence-electron chi connectivity index (χ0n) is 17.8. The van der Waals surface area contributed by atoms with Gasteiger partial charge in [0.25, 0.3) is 0 Å². The van der Waals surface area contributed by atoms with Crippen LogP contribution in [-0.4, -0.2) is 16.5 Å². The highest BCUT2D eigenvalue weighted by molar-refractivity contribution is 5.83. The summed E-state index contributed by atoms with van der Waals surface area (Å²) in [4.78, 5) is 7.85. The Balaban J connectivity index is 1.32. The lowest BCUT2D eigenvalue weighted by atomic mass is 10.0. The molecule has 0 saturated heterocycles. The van der Waals surface area contributed by atoms with Crippen LogP contribution in [0.4, 0.5) is 11.4 Å². The molecule has 4 rings (SSSR count). The first-order valence-electron chi connectivity index (χ1n) is 10.8. The maximum Gasteiger partial charge on any atom is 0.0590 e. The smallest absolute Gasteiger partial charge is 0.0590 e. The molecule has 0 aliphatic rings. The highest BCUT2D eigenvalue weighted by atomic mass is 14.9. The SMILES string of the molecule is CCNC(C)c1cc(Nc2ccc(CCCc3c[nH]c4ccccc34)cc2)ccn1. The number of anilines is 2. The van der Waals surface area contributed by atoms with Crippen molar-refractivity contribution in [3.05, 3.63) is 89.9 Å². The highest BCUT2D eigenvalue weighted by Crippen LogP contribution is 2.22. The Morgan fingerprint density at radius 2 is 1.80 bits per heavy atom. The molecule has 154 valence electrons. The van der Waals surface area contributed by atoms with E-state index in [1.807, 2.05) is 12.3 Å². The van der Waals surface area contributed by atoms with Gasteiger partial charge in [0.15, 0.2) is 0 Å². The average molecular weight is 399 g/mol. The predicted molar refractivity (Wildman–Crippen MR) is 126 cm³/mol. The topological polar surface area (TPSA) is 52.7 Å². The van der Waals surface area contributed by atoms with E-state index in [9.17, 15) is 0 Å². The first kappa shape index (κ1) is 20.2. The van der Waals surface area contributed by atoms with Gasteiger partial charge in [0.05, 0.1) is 5.69 Å². The number of nitrogens with one attached hydrogen (secondary N) is 3.